The van der Waals surface area contributed by atoms with Gasteiger partial charge in [-0.3, -0.25) is 4.79 Å². The van der Waals surface area contributed by atoms with Crippen LogP contribution in [-0.4, -0.2) is 23.5 Å². The fraction of sp³-hybridized carbons (Fsp3) is 0.417. The molecule has 1 heterocycles. The number of hydrogen-bond acceptors (Lipinski definition) is 3. The van der Waals surface area contributed by atoms with Gasteiger partial charge >= 0.3 is 0 Å². The standard InChI is InChI=1S/C12H16N2OS/c1-8-2-3-10(11(13)6-8)12(15)14-9-4-5-16-7-9/h2-3,6,9H,4-5,7,13H2,1H3,(H,14,15). The molecule has 1 aromatic rings. The zero-order valence-corrected chi connectivity index (χ0v) is 10.1. The largest absolute Gasteiger partial charge is 0.398 e. The van der Waals surface area contributed by atoms with Crippen LogP contribution in [0.15, 0.2) is 18.2 Å². The fourth-order valence-corrected chi connectivity index (χ4v) is 2.95. The SMILES string of the molecule is Cc1ccc(C(=O)NC2CCSC2)c(N)c1. The highest BCUT2D eigenvalue weighted by molar-refractivity contribution is 7.99. The second-order valence-electron chi connectivity index (χ2n) is 4.12. The summed E-state index contributed by atoms with van der Waals surface area (Å²) in [6.45, 7) is 1.96. The summed E-state index contributed by atoms with van der Waals surface area (Å²) in [5, 5.41) is 3.02. The number of thioether (sulfide) groups is 1. The molecule has 1 atom stereocenters. The minimum Gasteiger partial charge on any atom is -0.398 e. The van der Waals surface area contributed by atoms with E-state index in [2.05, 4.69) is 5.32 Å². The number of rotatable bonds is 2. The summed E-state index contributed by atoms with van der Waals surface area (Å²) in [5.74, 6) is 2.09. The predicted octanol–water partition coefficient (Wildman–Crippen LogP) is 1.81. The highest BCUT2D eigenvalue weighted by atomic mass is 32.2. The van der Waals surface area contributed by atoms with Gasteiger partial charge in [0, 0.05) is 17.5 Å². The Balaban J connectivity index is 2.08. The van der Waals surface area contributed by atoms with E-state index in [-0.39, 0.29) is 5.91 Å². The summed E-state index contributed by atoms with van der Waals surface area (Å²) < 4.78 is 0. The van der Waals surface area contributed by atoms with E-state index in [1.807, 2.05) is 30.8 Å². The Hall–Kier alpha value is -1.16. The number of anilines is 1. The molecule has 16 heavy (non-hydrogen) atoms. The second kappa shape index (κ2) is 4.78. The van der Waals surface area contributed by atoms with Gasteiger partial charge in [0.05, 0.1) is 5.56 Å². The maximum Gasteiger partial charge on any atom is 0.253 e. The zero-order valence-electron chi connectivity index (χ0n) is 9.32. The lowest BCUT2D eigenvalue weighted by molar-refractivity contribution is 0.0942. The molecule has 1 saturated heterocycles. The first-order valence-corrected chi connectivity index (χ1v) is 6.57. The van der Waals surface area contributed by atoms with Crippen LogP contribution in [0.2, 0.25) is 0 Å². The first-order chi connectivity index (χ1) is 7.66. The van der Waals surface area contributed by atoms with Gasteiger partial charge in [0.2, 0.25) is 0 Å². The molecule has 1 unspecified atom stereocenters. The van der Waals surface area contributed by atoms with Crippen molar-refractivity contribution in [3.63, 3.8) is 0 Å². The lowest BCUT2D eigenvalue weighted by atomic mass is 10.1. The van der Waals surface area contributed by atoms with Gasteiger partial charge in [-0.2, -0.15) is 11.8 Å². The van der Waals surface area contributed by atoms with Gasteiger partial charge in [-0.1, -0.05) is 6.07 Å². The number of carbonyl (C=O) groups excluding carboxylic acids is 1. The second-order valence-corrected chi connectivity index (χ2v) is 5.27. The maximum atomic E-state index is 11.9. The molecular weight excluding hydrogens is 220 g/mol. The van der Waals surface area contributed by atoms with Crippen LogP contribution in [-0.2, 0) is 0 Å². The van der Waals surface area contributed by atoms with Crippen LogP contribution < -0.4 is 11.1 Å². The van der Waals surface area contributed by atoms with Gasteiger partial charge in [0.15, 0.2) is 0 Å². The summed E-state index contributed by atoms with van der Waals surface area (Å²) >= 11 is 1.88. The number of carbonyl (C=O) groups is 1. The number of hydrogen-bond donors (Lipinski definition) is 2. The maximum absolute atomic E-state index is 11.9. The zero-order chi connectivity index (χ0) is 11.5. The quantitative estimate of drug-likeness (QED) is 0.770. The topological polar surface area (TPSA) is 55.1 Å². The molecule has 3 nitrogen and oxygen atoms in total. The summed E-state index contributed by atoms with van der Waals surface area (Å²) in [6.07, 6.45) is 1.06. The van der Waals surface area contributed by atoms with Gasteiger partial charge in [-0.05, 0) is 36.8 Å². The van der Waals surface area contributed by atoms with Crippen molar-refractivity contribution in [3.05, 3.63) is 29.3 Å². The first-order valence-electron chi connectivity index (χ1n) is 5.41. The Morgan fingerprint density at radius 1 is 1.56 bits per heavy atom. The average Bonchev–Trinajstić information content (AvgIpc) is 2.70. The smallest absolute Gasteiger partial charge is 0.253 e. The van der Waals surface area contributed by atoms with Crippen LogP contribution in [0.3, 0.4) is 0 Å². The van der Waals surface area contributed by atoms with Gasteiger partial charge in [0.1, 0.15) is 0 Å². The Morgan fingerprint density at radius 3 is 3.00 bits per heavy atom. The molecule has 0 saturated carbocycles. The van der Waals surface area contributed by atoms with E-state index in [1.54, 1.807) is 6.07 Å². The molecule has 1 amide bonds. The predicted molar refractivity (Wildman–Crippen MR) is 68.8 cm³/mol. The Labute approximate surface area is 99.8 Å². The van der Waals surface area contributed by atoms with E-state index in [9.17, 15) is 4.79 Å². The van der Waals surface area contributed by atoms with Gasteiger partial charge in [0.25, 0.3) is 5.91 Å². The van der Waals surface area contributed by atoms with Crippen LogP contribution in [0.4, 0.5) is 5.69 Å². The van der Waals surface area contributed by atoms with Crippen LogP contribution in [0.1, 0.15) is 22.3 Å². The number of aryl methyl sites for hydroxylation is 1. The number of nitrogen functional groups attached to an aromatic ring is 1. The van der Waals surface area contributed by atoms with Crippen molar-refractivity contribution in [1.29, 1.82) is 0 Å². The molecule has 0 aliphatic carbocycles. The van der Waals surface area contributed by atoms with Crippen molar-refractivity contribution in [2.75, 3.05) is 17.2 Å². The highest BCUT2D eigenvalue weighted by Gasteiger charge is 2.19. The molecule has 0 radical (unpaired) electrons. The molecule has 4 heteroatoms. The van der Waals surface area contributed by atoms with E-state index in [4.69, 9.17) is 5.73 Å². The number of nitrogens with two attached hydrogens (primary N) is 1. The molecule has 0 aromatic heterocycles. The summed E-state index contributed by atoms with van der Waals surface area (Å²) in [6, 6.07) is 5.84. The molecule has 0 spiro atoms. The Bertz CT molecular complexity index is 400. The summed E-state index contributed by atoms with van der Waals surface area (Å²) in [7, 11) is 0. The number of amides is 1. The lowest BCUT2D eigenvalue weighted by Crippen LogP contribution is -2.34. The van der Waals surface area contributed by atoms with Crippen LogP contribution in [0.25, 0.3) is 0 Å². The fourth-order valence-electron chi connectivity index (χ4n) is 1.80. The van der Waals surface area contributed by atoms with Gasteiger partial charge < -0.3 is 11.1 Å². The van der Waals surface area contributed by atoms with Crippen molar-refractivity contribution in [2.45, 2.75) is 19.4 Å². The van der Waals surface area contributed by atoms with Crippen LogP contribution in [0.5, 0.6) is 0 Å². The lowest BCUT2D eigenvalue weighted by Gasteiger charge is -2.12. The van der Waals surface area contributed by atoms with Crippen molar-refractivity contribution in [2.24, 2.45) is 0 Å². The Kier molecular flexibility index (Phi) is 3.39. The van der Waals surface area contributed by atoms with Gasteiger partial charge in [-0.15, -0.1) is 0 Å². The molecule has 86 valence electrons. The van der Waals surface area contributed by atoms with Crippen molar-refractivity contribution < 1.29 is 4.79 Å². The number of nitrogens with one attached hydrogen (secondary N) is 1. The third-order valence-electron chi connectivity index (χ3n) is 2.72. The molecular formula is C12H16N2OS. The highest BCUT2D eigenvalue weighted by Crippen LogP contribution is 2.19. The van der Waals surface area contributed by atoms with Crippen LogP contribution >= 0.6 is 11.8 Å². The minimum atomic E-state index is -0.0509. The molecule has 3 N–H and O–H groups in total. The minimum absolute atomic E-state index is 0.0509. The molecule has 1 fully saturated rings. The Morgan fingerprint density at radius 2 is 2.38 bits per heavy atom. The van der Waals surface area contributed by atoms with Crippen molar-refractivity contribution in [1.82, 2.24) is 5.32 Å². The van der Waals surface area contributed by atoms with E-state index >= 15 is 0 Å². The summed E-state index contributed by atoms with van der Waals surface area (Å²) in [4.78, 5) is 11.9. The molecule has 0 bridgehead atoms. The van der Waals surface area contributed by atoms with E-state index < -0.39 is 0 Å². The summed E-state index contributed by atoms with van der Waals surface area (Å²) in [5.41, 5.74) is 8.05. The third kappa shape index (κ3) is 2.50. The molecule has 1 aliphatic rings. The monoisotopic (exact) mass is 236 g/mol. The van der Waals surface area contributed by atoms with E-state index in [1.165, 1.54) is 0 Å². The average molecular weight is 236 g/mol. The molecule has 1 aliphatic heterocycles. The normalized spacial score (nSPS) is 19.7. The number of benzene rings is 1. The van der Waals surface area contributed by atoms with Crippen molar-refractivity contribution in [3.8, 4) is 0 Å². The molecule has 1 aromatic carbocycles. The molecule has 2 rings (SSSR count). The van der Waals surface area contributed by atoms with E-state index in [0.717, 1.165) is 23.5 Å². The van der Waals surface area contributed by atoms with Crippen LogP contribution in [0, 0.1) is 6.92 Å². The van der Waals surface area contributed by atoms with Gasteiger partial charge in [-0.25, -0.2) is 0 Å². The van der Waals surface area contributed by atoms with Crippen molar-refractivity contribution >= 4 is 23.4 Å². The third-order valence-corrected chi connectivity index (χ3v) is 3.88. The van der Waals surface area contributed by atoms with E-state index in [0.29, 0.717) is 17.3 Å². The first kappa shape index (κ1) is 11.3.